The van der Waals surface area contributed by atoms with Crippen molar-refractivity contribution in [2.24, 2.45) is 0 Å². The van der Waals surface area contributed by atoms with E-state index < -0.39 is 11.9 Å². The van der Waals surface area contributed by atoms with Crippen molar-refractivity contribution < 1.29 is 19.1 Å². The third-order valence-electron chi connectivity index (χ3n) is 3.40. The first-order valence-corrected chi connectivity index (χ1v) is 6.51. The number of carbonyl (C=O) groups is 2. The predicted octanol–water partition coefficient (Wildman–Crippen LogP) is 0.550. The van der Waals surface area contributed by atoms with Gasteiger partial charge in [0.15, 0.2) is 0 Å². The molecule has 0 aliphatic carbocycles. The van der Waals surface area contributed by atoms with Crippen LogP contribution in [0.5, 0.6) is 0 Å². The lowest BCUT2D eigenvalue weighted by molar-refractivity contribution is -0.151. The number of carbonyl (C=O) groups excluding carboxylic acids is 2. The normalized spacial score (nSPS) is 17.6. The SMILES string of the molecule is CCN1CC(=O)N(CC(O)c2ccccc2F)CC1=O. The maximum Gasteiger partial charge on any atom is 0.242 e. The van der Waals surface area contributed by atoms with E-state index in [4.69, 9.17) is 0 Å². The number of hydrogen-bond donors (Lipinski definition) is 1. The highest BCUT2D eigenvalue weighted by Crippen LogP contribution is 2.19. The fourth-order valence-electron chi connectivity index (χ4n) is 2.21. The van der Waals surface area contributed by atoms with E-state index in [9.17, 15) is 19.1 Å². The smallest absolute Gasteiger partial charge is 0.242 e. The Balaban J connectivity index is 2.05. The van der Waals surface area contributed by atoms with Crippen molar-refractivity contribution in [1.82, 2.24) is 9.80 Å². The molecular formula is C14H17FN2O3. The molecule has 0 aromatic heterocycles. The molecule has 20 heavy (non-hydrogen) atoms. The van der Waals surface area contributed by atoms with Gasteiger partial charge in [-0.1, -0.05) is 18.2 Å². The number of likely N-dealkylation sites (N-methyl/N-ethyl adjacent to an activating group) is 1. The standard InChI is InChI=1S/C14H17FN2O3/c1-2-16-8-14(20)17(9-13(16)19)7-12(18)10-5-3-4-6-11(10)15/h3-6,12,18H,2,7-9H2,1H3. The summed E-state index contributed by atoms with van der Waals surface area (Å²) in [5.74, 6) is -0.916. The quantitative estimate of drug-likeness (QED) is 0.876. The van der Waals surface area contributed by atoms with Crippen LogP contribution in [-0.4, -0.2) is 52.9 Å². The number of aliphatic hydroxyl groups excluding tert-OH is 1. The number of aliphatic hydroxyl groups is 1. The average molecular weight is 280 g/mol. The van der Waals surface area contributed by atoms with E-state index in [0.29, 0.717) is 6.54 Å². The molecule has 0 radical (unpaired) electrons. The molecule has 0 bridgehead atoms. The van der Waals surface area contributed by atoms with Crippen molar-refractivity contribution in [3.63, 3.8) is 0 Å². The zero-order valence-electron chi connectivity index (χ0n) is 11.3. The number of benzene rings is 1. The Bertz CT molecular complexity index is 521. The van der Waals surface area contributed by atoms with Gasteiger partial charge in [-0.2, -0.15) is 0 Å². The first-order valence-electron chi connectivity index (χ1n) is 6.51. The Labute approximate surface area is 116 Å². The largest absolute Gasteiger partial charge is 0.386 e. The van der Waals surface area contributed by atoms with Crippen LogP contribution in [0, 0.1) is 5.82 Å². The molecule has 108 valence electrons. The molecule has 1 aromatic carbocycles. The Hall–Kier alpha value is -1.95. The topological polar surface area (TPSA) is 60.9 Å². The van der Waals surface area contributed by atoms with Gasteiger partial charge in [-0.15, -0.1) is 0 Å². The van der Waals surface area contributed by atoms with E-state index in [1.54, 1.807) is 13.0 Å². The summed E-state index contributed by atoms with van der Waals surface area (Å²) in [6.45, 7) is 2.14. The predicted molar refractivity (Wildman–Crippen MR) is 70.2 cm³/mol. The molecule has 2 amide bonds. The fourth-order valence-corrected chi connectivity index (χ4v) is 2.21. The number of piperazine rings is 1. The van der Waals surface area contributed by atoms with Crippen LogP contribution >= 0.6 is 0 Å². The lowest BCUT2D eigenvalue weighted by Gasteiger charge is -2.34. The second-order valence-electron chi connectivity index (χ2n) is 4.72. The van der Waals surface area contributed by atoms with Crippen LogP contribution < -0.4 is 0 Å². The first-order chi connectivity index (χ1) is 9.52. The van der Waals surface area contributed by atoms with Crippen LogP contribution in [0.2, 0.25) is 0 Å². The molecule has 0 saturated carbocycles. The van der Waals surface area contributed by atoms with Gasteiger partial charge >= 0.3 is 0 Å². The van der Waals surface area contributed by atoms with Crippen LogP contribution in [-0.2, 0) is 9.59 Å². The van der Waals surface area contributed by atoms with Gasteiger partial charge in [-0.25, -0.2) is 4.39 Å². The summed E-state index contributed by atoms with van der Waals surface area (Å²) < 4.78 is 13.5. The molecule has 6 heteroatoms. The van der Waals surface area contributed by atoms with E-state index in [1.807, 2.05) is 0 Å². The van der Waals surface area contributed by atoms with Crippen molar-refractivity contribution in [3.05, 3.63) is 35.6 Å². The van der Waals surface area contributed by atoms with Gasteiger partial charge in [0.2, 0.25) is 11.8 Å². The zero-order chi connectivity index (χ0) is 14.7. The van der Waals surface area contributed by atoms with Crippen molar-refractivity contribution in [1.29, 1.82) is 0 Å². The minimum absolute atomic E-state index is 0.0132. The molecule has 1 aliphatic rings. The zero-order valence-corrected chi connectivity index (χ0v) is 11.3. The highest BCUT2D eigenvalue weighted by atomic mass is 19.1. The summed E-state index contributed by atoms with van der Waals surface area (Å²) >= 11 is 0. The third-order valence-corrected chi connectivity index (χ3v) is 3.40. The molecule has 5 nitrogen and oxygen atoms in total. The summed E-state index contributed by atoms with van der Waals surface area (Å²) in [5, 5.41) is 10.0. The third kappa shape index (κ3) is 2.96. The van der Waals surface area contributed by atoms with Gasteiger partial charge < -0.3 is 14.9 Å². The summed E-state index contributed by atoms with van der Waals surface area (Å²) in [7, 11) is 0. The van der Waals surface area contributed by atoms with Crippen molar-refractivity contribution >= 4 is 11.8 Å². The Morgan fingerprint density at radius 1 is 1.20 bits per heavy atom. The van der Waals surface area contributed by atoms with Crippen molar-refractivity contribution in [2.45, 2.75) is 13.0 Å². The molecule has 1 aromatic rings. The van der Waals surface area contributed by atoms with Crippen LogP contribution in [0.1, 0.15) is 18.6 Å². The van der Waals surface area contributed by atoms with E-state index in [-0.39, 0.29) is 37.0 Å². The minimum Gasteiger partial charge on any atom is -0.386 e. The Morgan fingerprint density at radius 3 is 2.45 bits per heavy atom. The average Bonchev–Trinajstić information content (AvgIpc) is 2.42. The molecule has 2 rings (SSSR count). The molecule has 1 saturated heterocycles. The number of amides is 2. The van der Waals surface area contributed by atoms with Crippen LogP contribution in [0.25, 0.3) is 0 Å². The number of nitrogens with zero attached hydrogens (tertiary/aromatic N) is 2. The molecular weight excluding hydrogens is 263 g/mol. The Morgan fingerprint density at radius 2 is 1.80 bits per heavy atom. The molecule has 1 aliphatic heterocycles. The number of β-amino-alcohol motifs (C(OH)–C–C–N with tert-alkyl or cyclic N) is 1. The molecule has 1 fully saturated rings. The number of hydrogen-bond acceptors (Lipinski definition) is 3. The van der Waals surface area contributed by atoms with Crippen LogP contribution in [0.3, 0.4) is 0 Å². The van der Waals surface area contributed by atoms with E-state index in [2.05, 4.69) is 0 Å². The first kappa shape index (κ1) is 14.5. The molecule has 1 atom stereocenters. The second kappa shape index (κ2) is 6.00. The lowest BCUT2D eigenvalue weighted by atomic mass is 10.1. The highest BCUT2D eigenvalue weighted by Gasteiger charge is 2.30. The van der Waals surface area contributed by atoms with Crippen molar-refractivity contribution in [2.75, 3.05) is 26.2 Å². The maximum atomic E-state index is 13.5. The minimum atomic E-state index is -1.14. The van der Waals surface area contributed by atoms with Gasteiger partial charge in [-0.3, -0.25) is 9.59 Å². The van der Waals surface area contributed by atoms with Crippen LogP contribution in [0.4, 0.5) is 4.39 Å². The molecule has 1 N–H and O–H groups in total. The fraction of sp³-hybridized carbons (Fsp3) is 0.429. The molecule has 1 unspecified atom stereocenters. The van der Waals surface area contributed by atoms with Gasteiger partial charge in [0.25, 0.3) is 0 Å². The van der Waals surface area contributed by atoms with Gasteiger partial charge in [0.1, 0.15) is 5.82 Å². The Kier molecular flexibility index (Phi) is 4.34. The maximum absolute atomic E-state index is 13.5. The summed E-state index contributed by atoms with van der Waals surface area (Å²) in [6, 6.07) is 5.86. The number of halogens is 1. The summed E-state index contributed by atoms with van der Waals surface area (Å²) in [6.07, 6.45) is -1.14. The highest BCUT2D eigenvalue weighted by molar-refractivity contribution is 5.92. The van der Waals surface area contributed by atoms with E-state index in [1.165, 1.54) is 28.0 Å². The van der Waals surface area contributed by atoms with E-state index >= 15 is 0 Å². The molecule has 1 heterocycles. The van der Waals surface area contributed by atoms with Crippen LogP contribution in [0.15, 0.2) is 24.3 Å². The monoisotopic (exact) mass is 280 g/mol. The van der Waals surface area contributed by atoms with Crippen molar-refractivity contribution in [3.8, 4) is 0 Å². The van der Waals surface area contributed by atoms with E-state index in [0.717, 1.165) is 0 Å². The summed E-state index contributed by atoms with van der Waals surface area (Å²) in [4.78, 5) is 26.4. The molecule has 0 spiro atoms. The van der Waals surface area contributed by atoms with Gasteiger partial charge in [0, 0.05) is 12.1 Å². The van der Waals surface area contributed by atoms with Gasteiger partial charge in [0.05, 0.1) is 25.7 Å². The number of rotatable bonds is 4. The second-order valence-corrected chi connectivity index (χ2v) is 4.72. The summed E-state index contributed by atoms with van der Waals surface area (Å²) in [5.41, 5.74) is 0.130. The van der Waals surface area contributed by atoms with Gasteiger partial charge in [-0.05, 0) is 13.0 Å². The lowest BCUT2D eigenvalue weighted by Crippen LogP contribution is -2.54.